The summed E-state index contributed by atoms with van der Waals surface area (Å²) in [6.07, 6.45) is -4.59. The van der Waals surface area contributed by atoms with Gasteiger partial charge >= 0.3 is 0 Å². The Bertz CT molecular complexity index is 326. The molecule has 4 heteroatoms. The third kappa shape index (κ3) is 2.89. The maximum absolute atomic E-state index is 12.4. The van der Waals surface area contributed by atoms with E-state index < -0.39 is 12.5 Å². The van der Waals surface area contributed by atoms with Crippen molar-refractivity contribution < 1.29 is 18.6 Å². The quantitative estimate of drug-likeness (QED) is 0.838. The summed E-state index contributed by atoms with van der Waals surface area (Å²) in [5.41, 5.74) is 0.958. The Kier molecular flexibility index (Phi) is 4.03. The molecule has 0 amide bonds. The molecule has 0 radical (unpaired) electrons. The highest BCUT2D eigenvalue weighted by molar-refractivity contribution is 5.38. The maximum Gasteiger partial charge on any atom is 0.268 e. The van der Waals surface area contributed by atoms with E-state index in [0.717, 1.165) is 5.56 Å². The minimum absolute atomic E-state index is 0.145. The highest BCUT2D eigenvalue weighted by Crippen LogP contribution is 2.30. The van der Waals surface area contributed by atoms with Gasteiger partial charge in [-0.3, -0.25) is 0 Å². The number of benzene rings is 1. The number of aliphatic hydroxyl groups is 1. The third-order valence-electron chi connectivity index (χ3n) is 2.02. The number of hydrogen-bond acceptors (Lipinski definition) is 2. The standard InChI is InChI=1S/C11H14F2O2/c1-3-15-9-5-4-7(2)6-8(9)10(14)11(12)13/h4-6,10-11,14H,3H2,1-2H3. The van der Waals surface area contributed by atoms with Crippen molar-refractivity contribution in [2.75, 3.05) is 6.61 Å². The monoisotopic (exact) mass is 216 g/mol. The van der Waals surface area contributed by atoms with Crippen LogP contribution < -0.4 is 4.74 Å². The number of alkyl halides is 2. The van der Waals surface area contributed by atoms with Crippen LogP contribution in [0.3, 0.4) is 0 Å². The number of rotatable bonds is 4. The van der Waals surface area contributed by atoms with Crippen molar-refractivity contribution in [1.82, 2.24) is 0 Å². The van der Waals surface area contributed by atoms with Crippen LogP contribution in [0.4, 0.5) is 8.78 Å². The summed E-state index contributed by atoms with van der Waals surface area (Å²) in [6.45, 7) is 3.92. The minimum Gasteiger partial charge on any atom is -0.493 e. The second-order valence-corrected chi connectivity index (χ2v) is 3.25. The zero-order chi connectivity index (χ0) is 11.4. The molecule has 0 aromatic heterocycles. The molecule has 0 fully saturated rings. The van der Waals surface area contributed by atoms with E-state index in [0.29, 0.717) is 12.4 Å². The van der Waals surface area contributed by atoms with Gasteiger partial charge in [0.05, 0.1) is 6.61 Å². The van der Waals surface area contributed by atoms with Crippen LogP contribution in [-0.4, -0.2) is 18.1 Å². The zero-order valence-electron chi connectivity index (χ0n) is 8.71. The van der Waals surface area contributed by atoms with Gasteiger partial charge in [-0.15, -0.1) is 0 Å². The molecule has 0 heterocycles. The molecule has 0 aliphatic heterocycles. The number of ether oxygens (including phenoxy) is 1. The van der Waals surface area contributed by atoms with Gasteiger partial charge in [0, 0.05) is 5.56 Å². The lowest BCUT2D eigenvalue weighted by Crippen LogP contribution is -2.10. The van der Waals surface area contributed by atoms with E-state index >= 15 is 0 Å². The van der Waals surface area contributed by atoms with Gasteiger partial charge in [0.25, 0.3) is 6.43 Å². The highest BCUT2D eigenvalue weighted by atomic mass is 19.3. The van der Waals surface area contributed by atoms with E-state index in [9.17, 15) is 13.9 Å². The van der Waals surface area contributed by atoms with Crippen molar-refractivity contribution in [3.63, 3.8) is 0 Å². The van der Waals surface area contributed by atoms with Crippen LogP contribution in [0.25, 0.3) is 0 Å². The first kappa shape index (κ1) is 11.9. The molecule has 0 aliphatic carbocycles. The molecule has 1 atom stereocenters. The molecule has 2 nitrogen and oxygen atoms in total. The second kappa shape index (κ2) is 5.07. The van der Waals surface area contributed by atoms with Crippen molar-refractivity contribution in [3.05, 3.63) is 29.3 Å². The van der Waals surface area contributed by atoms with Crippen LogP contribution in [0.5, 0.6) is 5.75 Å². The van der Waals surface area contributed by atoms with Gasteiger partial charge in [-0.1, -0.05) is 11.6 Å². The van der Waals surface area contributed by atoms with Crippen molar-refractivity contribution in [1.29, 1.82) is 0 Å². The Morgan fingerprint density at radius 2 is 2.07 bits per heavy atom. The van der Waals surface area contributed by atoms with Crippen molar-refractivity contribution in [2.24, 2.45) is 0 Å². The van der Waals surface area contributed by atoms with Crippen molar-refractivity contribution in [2.45, 2.75) is 26.4 Å². The molecule has 15 heavy (non-hydrogen) atoms. The molecule has 1 N–H and O–H groups in total. The molecule has 1 aromatic rings. The van der Waals surface area contributed by atoms with Crippen LogP contribution in [0.15, 0.2) is 18.2 Å². The Morgan fingerprint density at radius 3 is 2.60 bits per heavy atom. The maximum atomic E-state index is 12.4. The summed E-state index contributed by atoms with van der Waals surface area (Å²) < 4.78 is 29.9. The summed E-state index contributed by atoms with van der Waals surface area (Å²) in [6, 6.07) is 4.87. The molecule has 0 bridgehead atoms. The number of aliphatic hydroxyl groups excluding tert-OH is 1. The lowest BCUT2D eigenvalue weighted by Gasteiger charge is -2.15. The van der Waals surface area contributed by atoms with Crippen molar-refractivity contribution >= 4 is 0 Å². The summed E-state index contributed by atoms with van der Waals surface area (Å²) in [5.74, 6) is 0.316. The molecule has 84 valence electrons. The first-order valence-corrected chi connectivity index (χ1v) is 4.75. The van der Waals surface area contributed by atoms with Gasteiger partial charge < -0.3 is 9.84 Å². The number of aryl methyl sites for hydroxylation is 1. The van der Waals surface area contributed by atoms with E-state index in [1.54, 1.807) is 26.0 Å². The molecule has 0 saturated heterocycles. The number of halogens is 2. The molecule has 1 unspecified atom stereocenters. The molecule has 0 saturated carbocycles. The lowest BCUT2D eigenvalue weighted by molar-refractivity contribution is -0.00723. The van der Waals surface area contributed by atoms with Crippen molar-refractivity contribution in [3.8, 4) is 5.75 Å². The van der Waals surface area contributed by atoms with E-state index in [1.807, 2.05) is 0 Å². The van der Waals surface area contributed by atoms with E-state index in [1.165, 1.54) is 6.07 Å². The van der Waals surface area contributed by atoms with Gasteiger partial charge in [-0.25, -0.2) is 8.78 Å². The van der Waals surface area contributed by atoms with E-state index in [-0.39, 0.29) is 5.56 Å². The van der Waals surface area contributed by atoms with Crippen LogP contribution in [0, 0.1) is 6.92 Å². The predicted octanol–water partition coefficient (Wildman–Crippen LogP) is 2.69. The Hall–Kier alpha value is -1.16. The molecule has 0 spiro atoms. The van der Waals surface area contributed by atoms with Crippen LogP contribution in [-0.2, 0) is 0 Å². The van der Waals surface area contributed by atoms with Gasteiger partial charge in [0.15, 0.2) is 0 Å². The summed E-state index contributed by atoms with van der Waals surface area (Å²) in [5, 5.41) is 9.30. The average Bonchev–Trinajstić information content (AvgIpc) is 2.20. The highest BCUT2D eigenvalue weighted by Gasteiger charge is 2.22. The topological polar surface area (TPSA) is 29.5 Å². The SMILES string of the molecule is CCOc1ccc(C)cc1C(O)C(F)F. The van der Waals surface area contributed by atoms with E-state index in [4.69, 9.17) is 4.74 Å². The Morgan fingerprint density at radius 1 is 1.40 bits per heavy atom. The van der Waals surface area contributed by atoms with Gasteiger partial charge in [-0.2, -0.15) is 0 Å². The fourth-order valence-electron chi connectivity index (χ4n) is 1.32. The minimum atomic E-state index is -2.80. The molecular weight excluding hydrogens is 202 g/mol. The van der Waals surface area contributed by atoms with Gasteiger partial charge in [0.2, 0.25) is 0 Å². The van der Waals surface area contributed by atoms with Crippen LogP contribution in [0.1, 0.15) is 24.2 Å². The summed E-state index contributed by atoms with van der Waals surface area (Å²) >= 11 is 0. The predicted molar refractivity (Wildman–Crippen MR) is 53.3 cm³/mol. The first-order chi connectivity index (χ1) is 7.06. The Labute approximate surface area is 87.5 Å². The molecular formula is C11H14F2O2. The third-order valence-corrected chi connectivity index (χ3v) is 2.02. The number of hydrogen-bond donors (Lipinski definition) is 1. The first-order valence-electron chi connectivity index (χ1n) is 4.75. The fourth-order valence-corrected chi connectivity index (χ4v) is 1.32. The molecule has 1 rings (SSSR count). The van der Waals surface area contributed by atoms with Gasteiger partial charge in [0.1, 0.15) is 11.9 Å². The van der Waals surface area contributed by atoms with Crippen LogP contribution >= 0.6 is 0 Å². The Balaban J connectivity index is 3.06. The summed E-state index contributed by atoms with van der Waals surface area (Å²) in [4.78, 5) is 0. The average molecular weight is 216 g/mol. The molecule has 1 aromatic carbocycles. The fraction of sp³-hybridized carbons (Fsp3) is 0.455. The largest absolute Gasteiger partial charge is 0.493 e. The molecule has 0 aliphatic rings. The lowest BCUT2D eigenvalue weighted by atomic mass is 10.1. The van der Waals surface area contributed by atoms with Gasteiger partial charge in [-0.05, 0) is 26.0 Å². The normalized spacial score (nSPS) is 12.9. The summed E-state index contributed by atoms with van der Waals surface area (Å²) in [7, 11) is 0. The zero-order valence-corrected chi connectivity index (χ0v) is 8.71. The second-order valence-electron chi connectivity index (χ2n) is 3.25. The smallest absolute Gasteiger partial charge is 0.268 e. The van der Waals surface area contributed by atoms with E-state index in [2.05, 4.69) is 0 Å². The van der Waals surface area contributed by atoms with Crippen LogP contribution in [0.2, 0.25) is 0 Å².